The minimum absolute atomic E-state index is 0.185. The zero-order valence-electron chi connectivity index (χ0n) is 16.1. The van der Waals surface area contributed by atoms with Crippen LogP contribution in [0.15, 0.2) is 30.3 Å². The summed E-state index contributed by atoms with van der Waals surface area (Å²) >= 11 is 0. The fourth-order valence-electron chi connectivity index (χ4n) is 4.01. The third-order valence-corrected chi connectivity index (χ3v) is 5.54. The van der Waals surface area contributed by atoms with E-state index in [1.165, 1.54) is 37.8 Å². The second-order valence-electron chi connectivity index (χ2n) is 7.48. The molecule has 0 amide bonds. The number of anilines is 3. The lowest BCUT2D eigenvalue weighted by Crippen LogP contribution is -2.47. The van der Waals surface area contributed by atoms with Crippen molar-refractivity contribution in [3.8, 4) is 0 Å². The summed E-state index contributed by atoms with van der Waals surface area (Å²) in [5, 5.41) is 0. The van der Waals surface area contributed by atoms with Crippen LogP contribution < -0.4 is 14.7 Å². The van der Waals surface area contributed by atoms with Gasteiger partial charge in [-0.1, -0.05) is 12.8 Å². The van der Waals surface area contributed by atoms with E-state index in [1.54, 1.807) is 0 Å². The maximum absolute atomic E-state index is 13.1. The van der Waals surface area contributed by atoms with Crippen LogP contribution in [0, 0.1) is 12.7 Å². The predicted molar refractivity (Wildman–Crippen MR) is 108 cm³/mol. The van der Waals surface area contributed by atoms with Crippen molar-refractivity contribution in [1.29, 1.82) is 0 Å². The molecule has 2 aliphatic rings. The van der Waals surface area contributed by atoms with Gasteiger partial charge in [0.2, 0.25) is 0 Å². The molecule has 2 aliphatic heterocycles. The Kier molecular flexibility index (Phi) is 5.41. The summed E-state index contributed by atoms with van der Waals surface area (Å²) in [4.78, 5) is 16.5. The highest BCUT2D eigenvalue weighted by atomic mass is 19.1. The molecule has 0 atom stereocenters. The molecule has 5 nitrogen and oxygen atoms in total. The second-order valence-corrected chi connectivity index (χ2v) is 7.48. The number of aryl methyl sites for hydroxylation is 1. The van der Waals surface area contributed by atoms with Crippen LogP contribution in [-0.4, -0.2) is 49.2 Å². The van der Waals surface area contributed by atoms with Crippen LogP contribution in [0.1, 0.15) is 31.5 Å². The molecule has 2 aromatic rings. The monoisotopic (exact) mass is 369 g/mol. The van der Waals surface area contributed by atoms with Crippen molar-refractivity contribution in [2.24, 2.45) is 0 Å². The van der Waals surface area contributed by atoms with Crippen LogP contribution in [0.5, 0.6) is 0 Å². The minimum atomic E-state index is -0.185. The standard InChI is InChI=1S/C21H28FN5/c1-17-23-20(26-10-4-2-3-5-11-26)16-21(24-17)27-14-12-25(13-15-27)19-8-6-18(22)7-9-19/h6-9,16H,2-5,10-15H2,1H3. The number of piperazine rings is 1. The molecule has 4 rings (SSSR count). The summed E-state index contributed by atoms with van der Waals surface area (Å²) in [5.74, 6) is 2.75. The molecule has 27 heavy (non-hydrogen) atoms. The highest BCUT2D eigenvalue weighted by molar-refractivity contribution is 5.53. The Balaban J connectivity index is 1.45. The van der Waals surface area contributed by atoms with Gasteiger partial charge in [-0.2, -0.15) is 0 Å². The molecule has 2 fully saturated rings. The van der Waals surface area contributed by atoms with E-state index in [0.717, 1.165) is 62.4 Å². The average molecular weight is 369 g/mol. The van der Waals surface area contributed by atoms with Gasteiger partial charge < -0.3 is 14.7 Å². The van der Waals surface area contributed by atoms with E-state index in [9.17, 15) is 4.39 Å². The largest absolute Gasteiger partial charge is 0.368 e. The van der Waals surface area contributed by atoms with E-state index in [-0.39, 0.29) is 5.82 Å². The number of rotatable bonds is 3. The van der Waals surface area contributed by atoms with Crippen molar-refractivity contribution in [3.05, 3.63) is 42.0 Å². The average Bonchev–Trinajstić information content (AvgIpc) is 2.98. The summed E-state index contributed by atoms with van der Waals surface area (Å²) in [6.45, 7) is 7.81. The summed E-state index contributed by atoms with van der Waals surface area (Å²) in [6.07, 6.45) is 5.13. The maximum Gasteiger partial charge on any atom is 0.134 e. The summed E-state index contributed by atoms with van der Waals surface area (Å²) in [7, 11) is 0. The Morgan fingerprint density at radius 2 is 1.22 bits per heavy atom. The Morgan fingerprint density at radius 3 is 1.81 bits per heavy atom. The lowest BCUT2D eigenvalue weighted by atomic mass is 10.2. The van der Waals surface area contributed by atoms with Crippen LogP contribution in [0.3, 0.4) is 0 Å². The number of hydrogen-bond donors (Lipinski definition) is 0. The normalized spacial score (nSPS) is 18.5. The lowest BCUT2D eigenvalue weighted by Gasteiger charge is -2.37. The molecule has 0 N–H and O–H groups in total. The molecule has 0 radical (unpaired) electrons. The van der Waals surface area contributed by atoms with E-state index in [2.05, 4.69) is 20.8 Å². The molecule has 144 valence electrons. The van der Waals surface area contributed by atoms with Gasteiger partial charge in [0.1, 0.15) is 23.3 Å². The first-order valence-electron chi connectivity index (χ1n) is 10.1. The molecule has 1 aromatic carbocycles. The Hall–Kier alpha value is -2.37. The van der Waals surface area contributed by atoms with Crippen molar-refractivity contribution < 1.29 is 4.39 Å². The third kappa shape index (κ3) is 4.31. The van der Waals surface area contributed by atoms with Crippen molar-refractivity contribution in [2.45, 2.75) is 32.6 Å². The fraction of sp³-hybridized carbons (Fsp3) is 0.524. The molecule has 2 saturated heterocycles. The number of benzene rings is 1. The summed E-state index contributed by atoms with van der Waals surface area (Å²) in [6, 6.07) is 8.94. The smallest absolute Gasteiger partial charge is 0.134 e. The molecule has 0 aliphatic carbocycles. The van der Waals surface area contributed by atoms with Gasteiger partial charge in [0.05, 0.1) is 0 Å². The minimum Gasteiger partial charge on any atom is -0.368 e. The van der Waals surface area contributed by atoms with Crippen LogP contribution >= 0.6 is 0 Å². The molecule has 3 heterocycles. The quantitative estimate of drug-likeness (QED) is 0.826. The maximum atomic E-state index is 13.1. The zero-order chi connectivity index (χ0) is 18.6. The van der Waals surface area contributed by atoms with Crippen molar-refractivity contribution in [2.75, 3.05) is 54.0 Å². The van der Waals surface area contributed by atoms with Crippen molar-refractivity contribution >= 4 is 17.3 Å². The second kappa shape index (κ2) is 8.11. The van der Waals surface area contributed by atoms with Gasteiger partial charge in [-0.15, -0.1) is 0 Å². The van der Waals surface area contributed by atoms with Gasteiger partial charge in [0, 0.05) is 51.0 Å². The zero-order valence-corrected chi connectivity index (χ0v) is 16.1. The topological polar surface area (TPSA) is 35.5 Å². The lowest BCUT2D eigenvalue weighted by molar-refractivity contribution is 0.624. The molecular weight excluding hydrogens is 341 g/mol. The van der Waals surface area contributed by atoms with E-state index in [0.29, 0.717) is 0 Å². The highest BCUT2D eigenvalue weighted by Gasteiger charge is 2.20. The van der Waals surface area contributed by atoms with E-state index in [4.69, 9.17) is 9.97 Å². The van der Waals surface area contributed by atoms with Crippen molar-refractivity contribution in [1.82, 2.24) is 9.97 Å². The molecule has 0 saturated carbocycles. The van der Waals surface area contributed by atoms with Gasteiger partial charge in [0.15, 0.2) is 0 Å². The first-order valence-corrected chi connectivity index (χ1v) is 10.1. The number of nitrogens with zero attached hydrogens (tertiary/aromatic N) is 5. The third-order valence-electron chi connectivity index (χ3n) is 5.54. The molecule has 0 spiro atoms. The molecule has 0 bridgehead atoms. The van der Waals surface area contributed by atoms with Gasteiger partial charge in [0.25, 0.3) is 0 Å². The highest BCUT2D eigenvalue weighted by Crippen LogP contribution is 2.24. The number of hydrogen-bond acceptors (Lipinski definition) is 5. The fourth-order valence-corrected chi connectivity index (χ4v) is 4.01. The van der Waals surface area contributed by atoms with E-state index >= 15 is 0 Å². The first-order chi connectivity index (χ1) is 13.2. The van der Waals surface area contributed by atoms with Gasteiger partial charge in [-0.05, 0) is 44.0 Å². The van der Waals surface area contributed by atoms with Crippen LogP contribution in [0.25, 0.3) is 0 Å². The molecular formula is C21H28FN5. The SMILES string of the molecule is Cc1nc(N2CCCCCC2)cc(N2CCN(c3ccc(F)cc3)CC2)n1. The summed E-state index contributed by atoms with van der Waals surface area (Å²) in [5.41, 5.74) is 1.08. The Morgan fingerprint density at radius 1 is 0.704 bits per heavy atom. The van der Waals surface area contributed by atoms with E-state index < -0.39 is 0 Å². The summed E-state index contributed by atoms with van der Waals surface area (Å²) < 4.78 is 13.1. The van der Waals surface area contributed by atoms with Gasteiger partial charge in [-0.25, -0.2) is 14.4 Å². The van der Waals surface area contributed by atoms with E-state index in [1.807, 2.05) is 19.1 Å². The molecule has 0 unspecified atom stereocenters. The Bertz CT molecular complexity index is 748. The Labute approximate surface area is 160 Å². The van der Waals surface area contributed by atoms with Gasteiger partial charge in [-0.3, -0.25) is 0 Å². The number of aromatic nitrogens is 2. The van der Waals surface area contributed by atoms with Crippen LogP contribution in [-0.2, 0) is 0 Å². The number of halogens is 1. The van der Waals surface area contributed by atoms with Gasteiger partial charge >= 0.3 is 0 Å². The van der Waals surface area contributed by atoms with Crippen LogP contribution in [0.2, 0.25) is 0 Å². The molecule has 6 heteroatoms. The molecule has 1 aromatic heterocycles. The van der Waals surface area contributed by atoms with Crippen LogP contribution in [0.4, 0.5) is 21.7 Å². The van der Waals surface area contributed by atoms with Crippen molar-refractivity contribution in [3.63, 3.8) is 0 Å². The predicted octanol–water partition coefficient (Wildman–Crippen LogP) is 3.63. The first kappa shape index (κ1) is 18.0.